The number of amides is 1. The van der Waals surface area contributed by atoms with Crippen LogP contribution in [0, 0.1) is 11.7 Å². The van der Waals surface area contributed by atoms with Gasteiger partial charge in [-0.2, -0.15) is 0 Å². The van der Waals surface area contributed by atoms with Gasteiger partial charge in [0.15, 0.2) is 17.2 Å². The van der Waals surface area contributed by atoms with Gasteiger partial charge in [0.2, 0.25) is 5.43 Å². The minimum Gasteiger partial charge on any atom is -0.503 e. The topological polar surface area (TPSA) is 99.8 Å². The summed E-state index contributed by atoms with van der Waals surface area (Å²) in [4.78, 5) is 40.4. The van der Waals surface area contributed by atoms with E-state index in [9.17, 15) is 29.0 Å². The molecule has 7 nitrogen and oxygen atoms in total. The molecule has 1 aliphatic carbocycles. The van der Waals surface area contributed by atoms with Crippen LogP contribution in [0.2, 0.25) is 5.02 Å². The molecule has 2 N–H and O–H groups in total. The van der Waals surface area contributed by atoms with Crippen molar-refractivity contribution in [1.29, 1.82) is 0 Å². The number of halogens is 2. The zero-order chi connectivity index (χ0) is 23.4. The van der Waals surface area contributed by atoms with Gasteiger partial charge >= 0.3 is 0 Å². The number of aryl methyl sites for hydroxylation is 1. The number of hydrogen-bond donors (Lipinski definition) is 2. The van der Waals surface area contributed by atoms with Gasteiger partial charge in [-0.25, -0.2) is 4.39 Å². The number of carbonyl (C=O) groups is 2. The van der Waals surface area contributed by atoms with Crippen molar-refractivity contribution in [1.82, 2.24) is 9.47 Å². The van der Waals surface area contributed by atoms with Crippen LogP contribution in [0.5, 0.6) is 5.75 Å². The summed E-state index contributed by atoms with van der Waals surface area (Å²) < 4.78 is 15.6. The average Bonchev–Trinajstić information content (AvgIpc) is 3.43. The van der Waals surface area contributed by atoms with Crippen LogP contribution in [0.4, 0.5) is 4.39 Å². The van der Waals surface area contributed by atoms with Crippen LogP contribution in [-0.4, -0.2) is 49.6 Å². The van der Waals surface area contributed by atoms with Crippen molar-refractivity contribution in [2.24, 2.45) is 5.92 Å². The molecule has 0 radical (unpaired) electrons. The zero-order valence-electron chi connectivity index (χ0n) is 17.8. The summed E-state index contributed by atoms with van der Waals surface area (Å²) in [5, 5.41) is 20.2. The standard InChI is InChI=1S/C23H24ClFN2O5/c1-12(2)27-22(32)19-21(31)20(30)15(9-26(19)11-23(27)8-14(23)10-28)17(29)7-6-13-4-3-5-16(24)18(13)25/h3-5,9,12,14,28,31H,6-8,10-11H2,1-2H3/t14-,23-/m1/s1. The monoisotopic (exact) mass is 462 g/mol. The fourth-order valence-electron chi connectivity index (χ4n) is 4.85. The molecule has 1 amide bonds. The van der Waals surface area contributed by atoms with Gasteiger partial charge in [0.05, 0.1) is 16.1 Å². The van der Waals surface area contributed by atoms with Gasteiger partial charge in [-0.05, 0) is 38.3 Å². The Labute approximate surface area is 189 Å². The highest BCUT2D eigenvalue weighted by atomic mass is 35.5. The minimum absolute atomic E-state index is 0.0315. The first-order valence-electron chi connectivity index (χ1n) is 10.5. The molecule has 2 atom stereocenters. The summed E-state index contributed by atoms with van der Waals surface area (Å²) in [5.74, 6) is -2.57. The number of aliphatic hydroxyl groups is 1. The molecule has 0 saturated heterocycles. The summed E-state index contributed by atoms with van der Waals surface area (Å²) in [6.07, 6.45) is 1.76. The lowest BCUT2D eigenvalue weighted by atomic mass is 9.99. The molecule has 1 aliphatic heterocycles. The van der Waals surface area contributed by atoms with Crippen LogP contribution < -0.4 is 5.43 Å². The number of pyridine rings is 1. The van der Waals surface area contributed by atoms with Gasteiger partial charge < -0.3 is 19.7 Å². The van der Waals surface area contributed by atoms with Crippen molar-refractivity contribution >= 4 is 23.3 Å². The van der Waals surface area contributed by atoms with Crippen LogP contribution in [-0.2, 0) is 13.0 Å². The van der Waals surface area contributed by atoms with E-state index in [0.29, 0.717) is 6.42 Å². The largest absolute Gasteiger partial charge is 0.503 e. The SMILES string of the molecule is CC(C)N1C(=O)c2c(O)c(=O)c(C(=O)CCc3cccc(Cl)c3F)cn2C[C@@]12C[C@@H]2CO. The van der Waals surface area contributed by atoms with Crippen molar-refractivity contribution in [2.45, 2.75) is 51.2 Å². The van der Waals surface area contributed by atoms with Crippen molar-refractivity contribution in [3.63, 3.8) is 0 Å². The van der Waals surface area contributed by atoms with Crippen molar-refractivity contribution < 1.29 is 24.2 Å². The Morgan fingerprint density at radius 3 is 2.69 bits per heavy atom. The molecule has 0 unspecified atom stereocenters. The maximum atomic E-state index is 14.1. The number of nitrogens with zero attached hydrogens (tertiary/aromatic N) is 2. The number of aromatic nitrogens is 1. The molecular formula is C23H24ClFN2O5. The number of hydrogen-bond acceptors (Lipinski definition) is 5. The first kappa shape index (κ1) is 22.5. The summed E-state index contributed by atoms with van der Waals surface area (Å²) in [6, 6.07) is 4.29. The smallest absolute Gasteiger partial charge is 0.275 e. The van der Waals surface area contributed by atoms with Gasteiger partial charge in [-0.1, -0.05) is 23.7 Å². The molecule has 2 aromatic rings. The molecule has 2 aliphatic rings. The highest BCUT2D eigenvalue weighted by molar-refractivity contribution is 6.30. The highest BCUT2D eigenvalue weighted by Gasteiger charge is 2.62. The van der Waals surface area contributed by atoms with E-state index in [1.165, 1.54) is 22.9 Å². The molecule has 0 bridgehead atoms. The molecule has 9 heteroatoms. The van der Waals surface area contributed by atoms with E-state index in [4.69, 9.17) is 11.6 Å². The van der Waals surface area contributed by atoms with Gasteiger partial charge in [-0.15, -0.1) is 0 Å². The number of ketones is 1. The van der Waals surface area contributed by atoms with E-state index in [2.05, 4.69) is 0 Å². The predicted molar refractivity (Wildman–Crippen MR) is 116 cm³/mol. The summed E-state index contributed by atoms with van der Waals surface area (Å²) >= 11 is 5.78. The molecule has 2 heterocycles. The van der Waals surface area contributed by atoms with Crippen LogP contribution in [0.25, 0.3) is 0 Å². The number of aliphatic hydroxyl groups excluding tert-OH is 1. The summed E-state index contributed by atoms with van der Waals surface area (Å²) in [5.41, 5.74) is -1.70. The zero-order valence-corrected chi connectivity index (χ0v) is 18.5. The molecule has 170 valence electrons. The Kier molecular flexibility index (Phi) is 5.63. The Balaban J connectivity index is 1.68. The molecule has 1 aromatic carbocycles. The number of rotatable bonds is 6. The summed E-state index contributed by atoms with van der Waals surface area (Å²) in [6.45, 7) is 3.84. The molecule has 1 fully saturated rings. The Morgan fingerprint density at radius 1 is 1.34 bits per heavy atom. The van der Waals surface area contributed by atoms with Crippen LogP contribution in [0.3, 0.4) is 0 Å². The number of fused-ring (bicyclic) bond motifs is 1. The van der Waals surface area contributed by atoms with E-state index >= 15 is 0 Å². The molecule has 1 spiro atoms. The van der Waals surface area contributed by atoms with E-state index in [1.807, 2.05) is 13.8 Å². The second-order valence-electron chi connectivity index (χ2n) is 8.79. The predicted octanol–water partition coefficient (Wildman–Crippen LogP) is 2.78. The average molecular weight is 463 g/mol. The Morgan fingerprint density at radius 2 is 2.06 bits per heavy atom. The van der Waals surface area contributed by atoms with Crippen molar-refractivity contribution in [3.8, 4) is 5.75 Å². The first-order chi connectivity index (χ1) is 15.1. The fourth-order valence-corrected chi connectivity index (χ4v) is 5.04. The van der Waals surface area contributed by atoms with E-state index < -0.39 is 34.2 Å². The maximum absolute atomic E-state index is 14.1. The first-order valence-corrected chi connectivity index (χ1v) is 10.9. The normalized spacial score (nSPS) is 21.9. The van der Waals surface area contributed by atoms with Crippen LogP contribution in [0.15, 0.2) is 29.2 Å². The third-order valence-electron chi connectivity index (χ3n) is 6.49. The summed E-state index contributed by atoms with van der Waals surface area (Å²) in [7, 11) is 0. The lowest BCUT2D eigenvalue weighted by Crippen LogP contribution is -2.55. The fraction of sp³-hybridized carbons (Fsp3) is 0.435. The molecule has 4 rings (SSSR count). The number of aromatic hydroxyl groups is 1. The van der Waals surface area contributed by atoms with Crippen LogP contribution in [0.1, 0.15) is 53.1 Å². The Bertz CT molecular complexity index is 1180. The second-order valence-corrected chi connectivity index (χ2v) is 9.20. The number of benzene rings is 1. The quantitative estimate of drug-likeness (QED) is 0.643. The maximum Gasteiger partial charge on any atom is 0.275 e. The third kappa shape index (κ3) is 3.42. The van der Waals surface area contributed by atoms with Gasteiger partial charge in [0.1, 0.15) is 5.82 Å². The molecule has 1 saturated carbocycles. The lowest BCUT2D eigenvalue weighted by Gasteiger charge is -2.42. The lowest BCUT2D eigenvalue weighted by molar-refractivity contribution is 0.0394. The van der Waals surface area contributed by atoms with Crippen molar-refractivity contribution in [2.75, 3.05) is 6.61 Å². The van der Waals surface area contributed by atoms with Gasteiger partial charge in [0, 0.05) is 37.7 Å². The molecule has 32 heavy (non-hydrogen) atoms. The van der Waals surface area contributed by atoms with Gasteiger partial charge in [0.25, 0.3) is 5.91 Å². The van der Waals surface area contributed by atoms with Crippen LogP contribution >= 0.6 is 11.6 Å². The number of Topliss-reactive ketones (excluding diaryl/α,β-unsaturated/α-hetero) is 1. The second kappa shape index (κ2) is 8.01. The van der Waals surface area contributed by atoms with E-state index in [0.717, 1.165) is 0 Å². The highest BCUT2D eigenvalue weighted by Crippen LogP contribution is 2.53. The third-order valence-corrected chi connectivity index (χ3v) is 6.78. The Hall–Kier alpha value is -2.71. The van der Waals surface area contributed by atoms with Crippen molar-refractivity contribution in [3.05, 3.63) is 62.3 Å². The minimum atomic E-state index is -0.921. The molecular weight excluding hydrogens is 439 g/mol. The van der Waals surface area contributed by atoms with E-state index in [1.54, 1.807) is 11.0 Å². The molecule has 1 aromatic heterocycles. The van der Waals surface area contributed by atoms with E-state index in [-0.39, 0.29) is 59.8 Å². The van der Waals surface area contributed by atoms with Gasteiger partial charge in [-0.3, -0.25) is 14.4 Å². The number of carbonyl (C=O) groups excluding carboxylic acids is 2.